The molecule has 184 valence electrons. The van der Waals surface area contributed by atoms with Crippen molar-refractivity contribution in [3.63, 3.8) is 0 Å². The molecule has 0 fully saturated rings. The first kappa shape index (κ1) is 27.0. The minimum absolute atomic E-state index is 0.255. The van der Waals surface area contributed by atoms with Gasteiger partial charge in [0.25, 0.3) is 0 Å². The normalized spacial score (nSPS) is 12.4. The van der Waals surface area contributed by atoms with E-state index in [0.717, 1.165) is 16.8 Å². The summed E-state index contributed by atoms with van der Waals surface area (Å²) in [7, 11) is 13.1. The zero-order chi connectivity index (χ0) is 27.0. The van der Waals surface area contributed by atoms with Gasteiger partial charge in [-0.1, -0.05) is 126 Å². The van der Waals surface area contributed by atoms with Gasteiger partial charge < -0.3 is 0 Å². The molecule has 1 nitrogen and oxygen atoms in total. The zero-order valence-electron chi connectivity index (χ0n) is 23.3. The molecule has 4 aromatic rings. The van der Waals surface area contributed by atoms with Crippen LogP contribution < -0.4 is 0 Å². The van der Waals surface area contributed by atoms with E-state index in [1.807, 2.05) is 12.3 Å². The van der Waals surface area contributed by atoms with Crippen molar-refractivity contribution in [2.24, 2.45) is 5.41 Å². The lowest BCUT2D eigenvalue weighted by Gasteiger charge is -2.40. The van der Waals surface area contributed by atoms with Gasteiger partial charge in [0.05, 0.1) is 21.4 Å². The Balaban J connectivity index is 1.84. The molecule has 0 aliphatic carbocycles. The summed E-state index contributed by atoms with van der Waals surface area (Å²) in [5.74, 6) is 0.725. The Hall–Kier alpha value is -3.06. The molecule has 37 heavy (non-hydrogen) atoms. The fourth-order valence-corrected chi connectivity index (χ4v) is 4.82. The maximum absolute atomic E-state index is 6.54. The molecule has 1 heterocycles. The first-order chi connectivity index (χ1) is 17.4. The van der Waals surface area contributed by atoms with Crippen LogP contribution in [-0.4, -0.2) is 20.7 Å². The average molecular weight is 481 g/mol. The smallest absolute Gasteiger partial charge is 0.0708 e. The average Bonchev–Trinajstić information content (AvgIpc) is 2.88. The van der Waals surface area contributed by atoms with Gasteiger partial charge >= 0.3 is 0 Å². The molecular formula is C34H37B2N. The molecule has 3 heteroatoms. The third-order valence-electron chi connectivity index (χ3n) is 7.50. The van der Waals surface area contributed by atoms with Gasteiger partial charge in [0, 0.05) is 11.8 Å². The highest BCUT2D eigenvalue weighted by molar-refractivity contribution is 6.40. The Labute approximate surface area is 226 Å². The quantitative estimate of drug-likeness (QED) is 0.251. The third kappa shape index (κ3) is 5.47. The molecule has 1 aromatic heterocycles. The molecule has 0 saturated heterocycles. The molecule has 0 N–H and O–H groups in total. The number of rotatable bonds is 6. The van der Waals surface area contributed by atoms with E-state index in [1.165, 1.54) is 33.4 Å². The molecule has 0 spiro atoms. The molecule has 0 amide bonds. The fourth-order valence-electron chi connectivity index (χ4n) is 4.82. The minimum atomic E-state index is -0.903. The summed E-state index contributed by atoms with van der Waals surface area (Å²) in [5, 5.41) is -0.903. The van der Waals surface area contributed by atoms with Crippen LogP contribution in [0.2, 0.25) is 0 Å². The Morgan fingerprint density at radius 3 is 1.70 bits per heavy atom. The second-order valence-corrected chi connectivity index (χ2v) is 11.8. The second-order valence-electron chi connectivity index (χ2n) is 11.8. The molecule has 0 saturated carbocycles. The van der Waals surface area contributed by atoms with Gasteiger partial charge in [-0.3, -0.25) is 4.98 Å². The lowest BCUT2D eigenvalue weighted by atomic mass is 9.41. The Kier molecular flexibility index (Phi) is 7.56. The van der Waals surface area contributed by atoms with Gasteiger partial charge in [-0.05, 0) is 62.8 Å². The Morgan fingerprint density at radius 2 is 1.19 bits per heavy atom. The van der Waals surface area contributed by atoms with Crippen LogP contribution in [0.5, 0.6) is 0 Å². The van der Waals surface area contributed by atoms with Gasteiger partial charge in [0.2, 0.25) is 0 Å². The van der Waals surface area contributed by atoms with Crippen molar-refractivity contribution in [1.82, 2.24) is 4.98 Å². The minimum Gasteiger partial charge on any atom is -0.256 e. The van der Waals surface area contributed by atoms with Gasteiger partial charge in [-0.25, -0.2) is 0 Å². The summed E-state index contributed by atoms with van der Waals surface area (Å²) in [4.78, 5) is 4.67. The van der Waals surface area contributed by atoms with E-state index >= 15 is 0 Å². The summed E-state index contributed by atoms with van der Waals surface area (Å²) in [6, 6.07) is 27.9. The lowest BCUT2D eigenvalue weighted by molar-refractivity contribution is 0.358. The molecule has 0 aliphatic rings. The number of pyridine rings is 1. The van der Waals surface area contributed by atoms with Crippen LogP contribution in [0.4, 0.5) is 0 Å². The molecule has 0 atom stereocenters. The number of hydrogen-bond donors (Lipinski definition) is 0. The zero-order valence-corrected chi connectivity index (χ0v) is 23.3. The highest BCUT2D eigenvalue weighted by Crippen LogP contribution is 2.41. The van der Waals surface area contributed by atoms with Crippen molar-refractivity contribution >= 4 is 15.7 Å². The standard InChI is InChI=1S/C34H37B2N/c1-22(2)29-19-27(24-13-15-28(16-14-24)34(35,36)33(5,6)7)20-30(23(3)4)32(29)26-17-18-37-31(21-26)25-11-9-8-10-12-25/h8-23H,1-7H3. The van der Waals surface area contributed by atoms with Gasteiger partial charge in [0.1, 0.15) is 0 Å². The summed E-state index contributed by atoms with van der Waals surface area (Å²) < 4.78 is 0. The third-order valence-corrected chi connectivity index (χ3v) is 7.50. The Bertz CT molecular complexity index is 1330. The van der Waals surface area contributed by atoms with Crippen LogP contribution in [-0.2, 0) is 5.21 Å². The maximum atomic E-state index is 6.54. The summed E-state index contributed by atoms with van der Waals surface area (Å²) in [5.41, 5.74) is 10.4. The van der Waals surface area contributed by atoms with Crippen LogP contribution in [0.25, 0.3) is 33.5 Å². The van der Waals surface area contributed by atoms with Crippen LogP contribution in [0.3, 0.4) is 0 Å². The topological polar surface area (TPSA) is 12.9 Å². The van der Waals surface area contributed by atoms with Crippen molar-refractivity contribution < 1.29 is 0 Å². The van der Waals surface area contributed by atoms with Crippen molar-refractivity contribution in [2.75, 3.05) is 0 Å². The van der Waals surface area contributed by atoms with Crippen LogP contribution in [0, 0.1) is 5.41 Å². The largest absolute Gasteiger partial charge is 0.256 e. The SMILES string of the molecule is [B]C([B])(c1ccc(-c2cc(C(C)C)c(-c3ccnc(-c4ccccc4)c3)c(C(C)C)c2)cc1)C(C)(C)C. The van der Waals surface area contributed by atoms with E-state index in [9.17, 15) is 0 Å². The van der Waals surface area contributed by atoms with E-state index in [-0.39, 0.29) is 5.41 Å². The molecule has 0 aliphatic heterocycles. The first-order valence-electron chi connectivity index (χ1n) is 13.3. The van der Waals surface area contributed by atoms with Gasteiger partial charge in [-0.15, -0.1) is 0 Å². The number of benzene rings is 3. The van der Waals surface area contributed by atoms with Crippen molar-refractivity contribution in [3.8, 4) is 33.5 Å². The number of hydrogen-bond acceptors (Lipinski definition) is 1. The van der Waals surface area contributed by atoms with Crippen molar-refractivity contribution in [1.29, 1.82) is 0 Å². The Morgan fingerprint density at radius 1 is 0.622 bits per heavy atom. The van der Waals surface area contributed by atoms with E-state index in [1.54, 1.807) is 0 Å². The number of nitrogens with zero attached hydrogens (tertiary/aromatic N) is 1. The molecule has 3 aromatic carbocycles. The second kappa shape index (κ2) is 10.4. The van der Waals surface area contributed by atoms with E-state index in [2.05, 4.69) is 126 Å². The monoisotopic (exact) mass is 481 g/mol. The number of aromatic nitrogens is 1. The van der Waals surface area contributed by atoms with E-state index in [0.29, 0.717) is 11.8 Å². The van der Waals surface area contributed by atoms with Crippen molar-refractivity contribution in [3.05, 3.63) is 102 Å². The first-order valence-corrected chi connectivity index (χ1v) is 13.3. The molecule has 4 rings (SSSR count). The van der Waals surface area contributed by atoms with Crippen LogP contribution >= 0.6 is 0 Å². The van der Waals surface area contributed by atoms with E-state index < -0.39 is 5.21 Å². The molecule has 4 radical (unpaired) electrons. The summed E-state index contributed by atoms with van der Waals surface area (Å²) in [6.07, 6.45) is 1.93. The van der Waals surface area contributed by atoms with Crippen molar-refractivity contribution in [2.45, 2.75) is 65.5 Å². The van der Waals surface area contributed by atoms with E-state index in [4.69, 9.17) is 15.7 Å². The predicted octanol–water partition coefficient (Wildman–Crippen LogP) is 8.87. The maximum Gasteiger partial charge on any atom is 0.0708 e. The predicted molar refractivity (Wildman–Crippen MR) is 161 cm³/mol. The summed E-state index contributed by atoms with van der Waals surface area (Å²) in [6.45, 7) is 15.3. The highest BCUT2D eigenvalue weighted by atomic mass is 14.7. The fraction of sp³-hybridized carbons (Fsp3) is 0.324. The van der Waals surface area contributed by atoms with Crippen LogP contribution in [0.15, 0.2) is 85.1 Å². The lowest BCUT2D eigenvalue weighted by Crippen LogP contribution is -2.41. The molecule has 0 unspecified atom stereocenters. The van der Waals surface area contributed by atoms with Crippen LogP contribution in [0.1, 0.15) is 77.0 Å². The molecule has 0 bridgehead atoms. The van der Waals surface area contributed by atoms with Gasteiger partial charge in [-0.2, -0.15) is 0 Å². The highest BCUT2D eigenvalue weighted by Gasteiger charge is 2.33. The molecular weight excluding hydrogens is 444 g/mol. The van der Waals surface area contributed by atoms with Gasteiger partial charge in [0.15, 0.2) is 0 Å². The summed E-state index contributed by atoms with van der Waals surface area (Å²) >= 11 is 0.